The van der Waals surface area contributed by atoms with Crippen molar-refractivity contribution in [1.82, 2.24) is 9.97 Å². The number of hydrogen-bond donors (Lipinski definition) is 0. The van der Waals surface area contributed by atoms with Gasteiger partial charge >= 0.3 is 0 Å². The fourth-order valence-electron chi connectivity index (χ4n) is 4.29. The van der Waals surface area contributed by atoms with E-state index in [0.29, 0.717) is 5.82 Å². The molecule has 0 saturated carbocycles. The third kappa shape index (κ3) is 5.43. The second kappa shape index (κ2) is 10.7. The van der Waals surface area contributed by atoms with E-state index in [0.717, 1.165) is 54.3 Å². The lowest BCUT2D eigenvalue weighted by molar-refractivity contribution is 0.482. The quantitative estimate of drug-likeness (QED) is 0.220. The molecule has 0 aliphatic carbocycles. The number of benzene rings is 4. The van der Waals surface area contributed by atoms with E-state index < -0.39 is 0 Å². The van der Waals surface area contributed by atoms with Gasteiger partial charge in [-0.3, -0.25) is 0 Å². The predicted molar refractivity (Wildman–Crippen MR) is 155 cm³/mol. The van der Waals surface area contributed by atoms with Crippen LogP contribution in [-0.4, -0.2) is 16.1 Å². The molecule has 1 aliphatic rings. The topological polar surface area (TPSA) is 35.0 Å². The monoisotopic (exact) mass is 496 g/mol. The van der Waals surface area contributed by atoms with Crippen molar-refractivity contribution < 1.29 is 4.74 Å². The lowest BCUT2D eigenvalue weighted by Gasteiger charge is -2.11. The van der Waals surface area contributed by atoms with E-state index in [9.17, 15) is 0 Å². The number of nitrogens with zero attached hydrogens (tertiary/aromatic N) is 2. The van der Waals surface area contributed by atoms with Crippen molar-refractivity contribution >= 4 is 14.2 Å². The Bertz CT molecular complexity index is 1500. The van der Waals surface area contributed by atoms with Crippen molar-refractivity contribution in [3.63, 3.8) is 0 Å². The molecule has 1 aromatic heterocycles. The van der Waals surface area contributed by atoms with E-state index in [1.165, 1.54) is 11.1 Å². The lowest BCUT2D eigenvalue weighted by Crippen LogP contribution is -1.96. The first-order valence-corrected chi connectivity index (χ1v) is 13.6. The Morgan fingerprint density at radius 2 is 1.11 bits per heavy atom. The molecule has 0 N–H and O–H groups in total. The number of ether oxygens (including phenoxy) is 1. The van der Waals surface area contributed by atoms with E-state index in [2.05, 4.69) is 60.4 Å². The maximum Gasteiger partial charge on any atom is 0.160 e. The second-order valence-electron chi connectivity index (χ2n) is 8.78. The molecule has 0 amide bonds. The minimum atomic E-state index is 0.687. The number of hydrogen-bond acceptors (Lipinski definition) is 3. The molecule has 0 spiro atoms. The molecular formula is C33H25N2OP. The largest absolute Gasteiger partial charge is 0.457 e. The summed E-state index contributed by atoms with van der Waals surface area (Å²) in [6, 6.07) is 38.8. The Morgan fingerprint density at radius 3 is 1.62 bits per heavy atom. The van der Waals surface area contributed by atoms with Crippen molar-refractivity contribution in [2.75, 3.05) is 6.16 Å². The first-order valence-electron chi connectivity index (χ1n) is 12.3. The molecule has 4 aromatic carbocycles. The highest BCUT2D eigenvalue weighted by Gasteiger charge is 2.11. The van der Waals surface area contributed by atoms with Gasteiger partial charge in [-0.15, -0.1) is 0 Å². The molecule has 2 heterocycles. The van der Waals surface area contributed by atoms with Gasteiger partial charge in [-0.25, -0.2) is 9.97 Å². The highest BCUT2D eigenvalue weighted by atomic mass is 31.1. The summed E-state index contributed by atoms with van der Waals surface area (Å²) in [5, 5.41) is 0. The third-order valence-electron chi connectivity index (χ3n) is 6.24. The predicted octanol–water partition coefficient (Wildman–Crippen LogP) is 8.86. The van der Waals surface area contributed by atoms with Crippen LogP contribution in [0.15, 0.2) is 133 Å². The van der Waals surface area contributed by atoms with Crippen LogP contribution < -0.4 is 4.74 Å². The molecule has 0 bridgehead atoms. The molecule has 178 valence electrons. The zero-order chi connectivity index (χ0) is 24.9. The normalized spacial score (nSPS) is 13.4. The zero-order valence-corrected chi connectivity index (χ0v) is 21.2. The minimum absolute atomic E-state index is 0.687. The number of allylic oxidation sites excluding steroid dienone is 3. The summed E-state index contributed by atoms with van der Waals surface area (Å²) in [5.74, 6) is 4.52. The van der Waals surface area contributed by atoms with Crippen molar-refractivity contribution in [3.8, 4) is 45.4 Å². The summed E-state index contributed by atoms with van der Waals surface area (Å²) in [6.45, 7) is 0. The first-order chi connectivity index (χ1) is 18.3. The van der Waals surface area contributed by atoms with E-state index in [1.54, 1.807) is 0 Å². The Kier molecular flexibility index (Phi) is 6.70. The highest BCUT2D eigenvalue weighted by Crippen LogP contribution is 2.32. The Balaban J connectivity index is 1.27. The van der Waals surface area contributed by atoms with Crippen LogP contribution in [0, 0.1) is 0 Å². The smallest absolute Gasteiger partial charge is 0.160 e. The summed E-state index contributed by atoms with van der Waals surface area (Å²) in [5.41, 5.74) is 7.49. The van der Waals surface area contributed by atoms with Gasteiger partial charge in [-0.05, 0) is 59.8 Å². The Hall–Kier alpha value is -4.33. The van der Waals surface area contributed by atoms with E-state index in [4.69, 9.17) is 14.7 Å². The number of rotatable bonds is 6. The van der Waals surface area contributed by atoms with E-state index >= 15 is 0 Å². The summed E-state index contributed by atoms with van der Waals surface area (Å²) in [6.07, 6.45) is 5.45. The number of aromatic nitrogens is 2. The Labute approximate surface area is 219 Å². The van der Waals surface area contributed by atoms with Crippen LogP contribution in [0.4, 0.5) is 0 Å². The van der Waals surface area contributed by atoms with Crippen LogP contribution in [0.1, 0.15) is 5.56 Å². The van der Waals surface area contributed by atoms with Gasteiger partial charge in [-0.1, -0.05) is 99.3 Å². The molecule has 37 heavy (non-hydrogen) atoms. The SMILES string of the molecule is C1=CPCC(c2ccc(Oc3ccc(-c4nc(-c5ccccc5)cc(-c5ccccc5)n4)cc3)cc2)=C1. The van der Waals surface area contributed by atoms with Gasteiger partial charge in [0.05, 0.1) is 11.4 Å². The third-order valence-corrected chi connectivity index (χ3v) is 7.26. The van der Waals surface area contributed by atoms with Gasteiger partial charge < -0.3 is 4.74 Å². The maximum atomic E-state index is 6.13. The van der Waals surface area contributed by atoms with Gasteiger partial charge in [0, 0.05) is 16.7 Å². The lowest BCUT2D eigenvalue weighted by atomic mass is 10.1. The van der Waals surface area contributed by atoms with Gasteiger partial charge in [-0.2, -0.15) is 0 Å². The molecule has 6 rings (SSSR count). The summed E-state index contributed by atoms with van der Waals surface area (Å²) in [7, 11) is 0.860. The molecular weight excluding hydrogens is 471 g/mol. The van der Waals surface area contributed by atoms with Crippen LogP contribution in [0.2, 0.25) is 0 Å². The molecule has 3 nitrogen and oxygen atoms in total. The maximum absolute atomic E-state index is 6.13. The van der Waals surface area contributed by atoms with Gasteiger partial charge in [0.15, 0.2) is 5.82 Å². The second-order valence-corrected chi connectivity index (χ2v) is 9.87. The minimum Gasteiger partial charge on any atom is -0.457 e. The molecule has 1 aliphatic heterocycles. The van der Waals surface area contributed by atoms with Crippen LogP contribution >= 0.6 is 8.58 Å². The molecule has 1 unspecified atom stereocenters. The molecule has 5 aromatic rings. The van der Waals surface area contributed by atoms with Crippen LogP contribution in [-0.2, 0) is 0 Å². The molecule has 4 heteroatoms. The molecule has 0 radical (unpaired) electrons. The Morgan fingerprint density at radius 1 is 0.568 bits per heavy atom. The van der Waals surface area contributed by atoms with E-state index in [1.807, 2.05) is 72.8 Å². The van der Waals surface area contributed by atoms with Crippen molar-refractivity contribution in [3.05, 3.63) is 139 Å². The fraction of sp³-hybridized carbons (Fsp3) is 0.0303. The molecule has 0 fully saturated rings. The van der Waals surface area contributed by atoms with E-state index in [-0.39, 0.29) is 0 Å². The average Bonchev–Trinajstić information content (AvgIpc) is 2.99. The van der Waals surface area contributed by atoms with Crippen molar-refractivity contribution in [2.45, 2.75) is 0 Å². The fourth-order valence-corrected chi connectivity index (χ4v) is 5.19. The summed E-state index contributed by atoms with van der Waals surface area (Å²) in [4.78, 5) is 9.81. The standard InChI is InChI=1S/C33H25N2OP/c1-3-8-25(9-4-1)31-22-32(26-10-5-2-6-11-26)35-33(34-31)27-15-19-30(20-16-27)36-29-17-13-24(14-18-29)28-12-7-21-37-23-28/h1-22,37H,23H2. The van der Waals surface area contributed by atoms with Crippen molar-refractivity contribution in [1.29, 1.82) is 0 Å². The summed E-state index contributed by atoms with van der Waals surface area (Å²) < 4.78 is 6.13. The first kappa shape index (κ1) is 23.1. The van der Waals surface area contributed by atoms with Crippen LogP contribution in [0.5, 0.6) is 11.5 Å². The van der Waals surface area contributed by atoms with Crippen LogP contribution in [0.25, 0.3) is 39.5 Å². The van der Waals surface area contributed by atoms with Crippen molar-refractivity contribution in [2.24, 2.45) is 0 Å². The highest BCUT2D eigenvalue weighted by molar-refractivity contribution is 7.42. The zero-order valence-electron chi connectivity index (χ0n) is 20.2. The average molecular weight is 497 g/mol. The molecule has 0 saturated heterocycles. The van der Waals surface area contributed by atoms with Gasteiger partial charge in [0.25, 0.3) is 0 Å². The molecule has 1 atom stereocenters. The van der Waals surface area contributed by atoms with Gasteiger partial charge in [0.1, 0.15) is 11.5 Å². The summed E-state index contributed by atoms with van der Waals surface area (Å²) >= 11 is 0. The van der Waals surface area contributed by atoms with Crippen LogP contribution in [0.3, 0.4) is 0 Å². The van der Waals surface area contributed by atoms with Gasteiger partial charge in [0.2, 0.25) is 0 Å².